The number of benzene rings is 3. The predicted molar refractivity (Wildman–Crippen MR) is 133 cm³/mol. The summed E-state index contributed by atoms with van der Waals surface area (Å²) in [6.45, 7) is 7.68. The van der Waals surface area contributed by atoms with Crippen LogP contribution < -0.4 is 9.34 Å². The Bertz CT molecular complexity index is 1010. The third-order valence-corrected chi connectivity index (χ3v) is 9.49. The summed E-state index contributed by atoms with van der Waals surface area (Å²) in [7, 11) is -3.60. The number of hydrogen-bond donors (Lipinski definition) is 1. The number of para-hydroxylation sites is 2. The molecule has 1 atom stereocenters. The van der Waals surface area contributed by atoms with Crippen LogP contribution in [0.2, 0.25) is 0 Å². The second kappa shape index (κ2) is 9.56. The van der Waals surface area contributed by atoms with Crippen molar-refractivity contribution >= 4 is 25.1 Å². The molecule has 1 fully saturated rings. The number of nitrogens with zero attached hydrogens (tertiary/aromatic N) is 2. The fourth-order valence-electron chi connectivity index (χ4n) is 4.38. The Balaban J connectivity index is 1.84. The molecule has 3 aromatic rings. The molecule has 1 N–H and O–H groups in total. The maximum absolute atomic E-state index is 13.2. The van der Waals surface area contributed by atoms with Crippen LogP contribution in [0.1, 0.15) is 18.4 Å². The third-order valence-electron chi connectivity index (χ3n) is 5.87. The third kappa shape index (κ3) is 4.02. The molecule has 1 aliphatic rings. The van der Waals surface area contributed by atoms with Crippen LogP contribution in [-0.2, 0) is 9.53 Å². The zero-order valence-corrected chi connectivity index (χ0v) is 19.2. The second-order valence-electron chi connectivity index (χ2n) is 7.73. The Morgan fingerprint density at radius 2 is 1.34 bits per heavy atom. The monoisotopic (exact) mass is 448 g/mol. The van der Waals surface area contributed by atoms with Gasteiger partial charge in [0.1, 0.15) is 0 Å². The number of carbonyl (C=O) groups is 1. The van der Waals surface area contributed by atoms with Gasteiger partial charge in [-0.1, -0.05) is 0 Å². The van der Waals surface area contributed by atoms with Crippen molar-refractivity contribution in [2.45, 2.75) is 12.8 Å². The Hall–Kier alpha value is -3.14. The van der Waals surface area contributed by atoms with Crippen LogP contribution in [-0.4, -0.2) is 30.6 Å². The minimum atomic E-state index is -3.60. The summed E-state index contributed by atoms with van der Waals surface area (Å²) in [6, 6.07) is 29.1. The minimum absolute atomic E-state index is 0.264. The number of rotatable bonds is 7. The topological polar surface area (TPSA) is 53.0 Å². The summed E-state index contributed by atoms with van der Waals surface area (Å²) >= 11 is 0. The number of carbonyl (C=O) groups excluding carboxylic acids is 1. The molecule has 1 unspecified atom stereocenters. The molecule has 1 heterocycles. The van der Waals surface area contributed by atoms with Gasteiger partial charge in [0.25, 0.3) is 0 Å². The SMILES string of the molecule is C=C(C(C(=O)OCC)c1ccccc1)[PH]1(O)N(c2ccccc2)CCN1c1ccccc1. The molecule has 1 aliphatic heterocycles. The molecule has 0 amide bonds. The first-order chi connectivity index (χ1) is 15.6. The maximum atomic E-state index is 13.2. The summed E-state index contributed by atoms with van der Waals surface area (Å²) in [6.07, 6.45) is 0. The van der Waals surface area contributed by atoms with Crippen LogP contribution in [0, 0.1) is 0 Å². The average Bonchev–Trinajstić information content (AvgIpc) is 3.19. The first kappa shape index (κ1) is 22.1. The summed E-state index contributed by atoms with van der Waals surface area (Å²) < 4.78 is 9.52. The number of anilines is 2. The number of esters is 1. The summed E-state index contributed by atoms with van der Waals surface area (Å²) in [5.41, 5.74) is 2.60. The number of ether oxygens (including phenoxy) is 1. The van der Waals surface area contributed by atoms with E-state index in [1.54, 1.807) is 6.92 Å². The van der Waals surface area contributed by atoms with E-state index in [9.17, 15) is 9.69 Å². The van der Waals surface area contributed by atoms with Gasteiger partial charge in [-0.15, -0.1) is 0 Å². The molecule has 3 aromatic carbocycles. The zero-order valence-electron chi connectivity index (χ0n) is 18.2. The van der Waals surface area contributed by atoms with Gasteiger partial charge < -0.3 is 0 Å². The normalized spacial score (nSPS) is 16.9. The van der Waals surface area contributed by atoms with Crippen LogP contribution in [0.15, 0.2) is 103 Å². The van der Waals surface area contributed by atoms with Gasteiger partial charge >= 0.3 is 190 Å². The van der Waals surface area contributed by atoms with Crippen LogP contribution in [0.25, 0.3) is 0 Å². The Kier molecular flexibility index (Phi) is 6.59. The van der Waals surface area contributed by atoms with Gasteiger partial charge in [0, 0.05) is 0 Å². The van der Waals surface area contributed by atoms with Crippen LogP contribution >= 0.6 is 7.79 Å². The first-order valence-electron chi connectivity index (χ1n) is 10.9. The van der Waals surface area contributed by atoms with E-state index in [4.69, 9.17) is 4.74 Å². The molecule has 166 valence electrons. The van der Waals surface area contributed by atoms with Gasteiger partial charge in [-0.2, -0.15) is 0 Å². The van der Waals surface area contributed by atoms with E-state index in [1.165, 1.54) is 0 Å². The second-order valence-corrected chi connectivity index (χ2v) is 10.7. The van der Waals surface area contributed by atoms with E-state index in [1.807, 2.05) is 100 Å². The summed E-state index contributed by atoms with van der Waals surface area (Å²) in [5, 5.41) is 0.493. The predicted octanol–water partition coefficient (Wildman–Crippen LogP) is 5.36. The molecular weight excluding hydrogens is 419 g/mol. The molecule has 0 spiro atoms. The van der Waals surface area contributed by atoms with Crippen molar-refractivity contribution in [3.8, 4) is 0 Å². The standard InChI is InChI=1S/C26H29N2O3P/c1-3-31-26(29)25(22-13-7-4-8-14-22)21(2)32(30)27(23-15-9-5-10-16-23)19-20-28(32)24-17-11-6-12-18-24/h4-18,25,30,32H,2-3,19-20H2,1H3. The van der Waals surface area contributed by atoms with Gasteiger partial charge in [0.15, 0.2) is 0 Å². The molecule has 32 heavy (non-hydrogen) atoms. The van der Waals surface area contributed by atoms with Crippen LogP contribution in [0.3, 0.4) is 0 Å². The van der Waals surface area contributed by atoms with E-state index < -0.39 is 19.7 Å². The molecule has 6 heteroatoms. The van der Waals surface area contributed by atoms with Gasteiger partial charge in [0.05, 0.1) is 0 Å². The fraction of sp³-hybridized carbons (Fsp3) is 0.192. The van der Waals surface area contributed by atoms with Crippen molar-refractivity contribution in [3.05, 3.63) is 108 Å². The van der Waals surface area contributed by atoms with E-state index in [0.717, 1.165) is 16.9 Å². The fourth-order valence-corrected chi connectivity index (χ4v) is 7.88. The summed E-state index contributed by atoms with van der Waals surface area (Å²) in [4.78, 5) is 25.7. The van der Waals surface area contributed by atoms with Crippen LogP contribution in [0.4, 0.5) is 11.4 Å². The van der Waals surface area contributed by atoms with Gasteiger partial charge in [-0.25, -0.2) is 0 Å². The molecule has 1 saturated heterocycles. The van der Waals surface area contributed by atoms with E-state index in [-0.39, 0.29) is 6.61 Å². The molecule has 0 saturated carbocycles. The molecular formula is C26H29N2O3P. The Labute approximate surface area is 190 Å². The van der Waals surface area contributed by atoms with Gasteiger partial charge in [-0.3, -0.25) is 0 Å². The van der Waals surface area contributed by atoms with Crippen molar-refractivity contribution in [2.24, 2.45) is 0 Å². The Morgan fingerprint density at radius 1 is 0.906 bits per heavy atom. The molecule has 0 aromatic heterocycles. The molecule has 0 aliphatic carbocycles. The summed E-state index contributed by atoms with van der Waals surface area (Å²) in [5.74, 6) is -1.15. The first-order valence-corrected chi connectivity index (χ1v) is 12.7. The Morgan fingerprint density at radius 3 is 1.78 bits per heavy atom. The van der Waals surface area contributed by atoms with Crippen molar-refractivity contribution in [1.82, 2.24) is 0 Å². The van der Waals surface area contributed by atoms with Gasteiger partial charge in [0.2, 0.25) is 0 Å². The van der Waals surface area contributed by atoms with E-state index in [0.29, 0.717) is 18.4 Å². The van der Waals surface area contributed by atoms with Crippen molar-refractivity contribution < 1.29 is 14.4 Å². The van der Waals surface area contributed by atoms with E-state index >= 15 is 0 Å². The van der Waals surface area contributed by atoms with E-state index in [2.05, 4.69) is 6.58 Å². The van der Waals surface area contributed by atoms with Crippen molar-refractivity contribution in [3.63, 3.8) is 0 Å². The molecule has 0 bridgehead atoms. The average molecular weight is 449 g/mol. The van der Waals surface area contributed by atoms with Gasteiger partial charge in [-0.05, 0) is 0 Å². The zero-order chi connectivity index (χ0) is 22.6. The van der Waals surface area contributed by atoms with Crippen molar-refractivity contribution in [2.75, 3.05) is 29.0 Å². The molecule has 5 nitrogen and oxygen atoms in total. The quantitative estimate of drug-likeness (QED) is 0.390. The number of hydrogen-bond acceptors (Lipinski definition) is 5. The molecule has 0 radical (unpaired) electrons. The molecule has 4 rings (SSSR count). The van der Waals surface area contributed by atoms with Crippen LogP contribution in [0.5, 0.6) is 0 Å². The van der Waals surface area contributed by atoms with Crippen molar-refractivity contribution in [1.29, 1.82) is 0 Å².